The topological polar surface area (TPSA) is 96.0 Å². The Balaban J connectivity index is 1.92. The largest absolute Gasteiger partial charge is 0.457 e. The first-order chi connectivity index (χ1) is 9.70. The number of carbonyl (C=O) groups excluding carboxylic acids is 2. The molecule has 2 bridgehead atoms. The summed E-state index contributed by atoms with van der Waals surface area (Å²) < 4.78 is 38.2. The van der Waals surface area contributed by atoms with Gasteiger partial charge in [0.1, 0.15) is 12.2 Å². The molecule has 2 aliphatic rings. The number of esters is 2. The average molecular weight is 318 g/mol. The van der Waals surface area contributed by atoms with Crippen LogP contribution in [0.4, 0.5) is 0 Å². The summed E-state index contributed by atoms with van der Waals surface area (Å²) in [7, 11) is -3.53. The van der Waals surface area contributed by atoms with Crippen LogP contribution in [0.1, 0.15) is 33.1 Å². The van der Waals surface area contributed by atoms with E-state index < -0.39 is 45.6 Å². The summed E-state index contributed by atoms with van der Waals surface area (Å²) in [6.07, 6.45) is -1.19. The highest BCUT2D eigenvalue weighted by Crippen LogP contribution is 2.37. The van der Waals surface area contributed by atoms with Gasteiger partial charge in [0.2, 0.25) is 0 Å². The molecule has 4 atom stereocenters. The van der Waals surface area contributed by atoms with Gasteiger partial charge in [0.05, 0.1) is 5.25 Å². The predicted octanol–water partition coefficient (Wildman–Crippen LogP) is 0.687. The van der Waals surface area contributed by atoms with E-state index in [0.29, 0.717) is 19.3 Å². The maximum atomic E-state index is 11.9. The van der Waals surface area contributed by atoms with E-state index in [1.165, 1.54) is 13.8 Å². The minimum atomic E-state index is -3.53. The third-order valence-electron chi connectivity index (χ3n) is 3.58. The van der Waals surface area contributed by atoms with Crippen molar-refractivity contribution >= 4 is 22.1 Å². The molecule has 2 rings (SSSR count). The maximum Gasteiger partial charge on any atom is 0.347 e. The molecule has 0 amide bonds. The summed E-state index contributed by atoms with van der Waals surface area (Å²) in [5.74, 6) is -1.40. The van der Waals surface area contributed by atoms with Gasteiger partial charge in [-0.25, -0.2) is 9.59 Å². The van der Waals surface area contributed by atoms with Gasteiger partial charge in [-0.15, -0.1) is 0 Å². The second-order valence-electron chi connectivity index (χ2n) is 5.37. The Morgan fingerprint density at radius 3 is 2.62 bits per heavy atom. The highest BCUT2D eigenvalue weighted by Gasteiger charge is 2.48. The van der Waals surface area contributed by atoms with Gasteiger partial charge < -0.3 is 9.47 Å². The van der Waals surface area contributed by atoms with Crippen molar-refractivity contribution in [3.05, 3.63) is 12.2 Å². The van der Waals surface area contributed by atoms with E-state index in [9.17, 15) is 18.0 Å². The molecule has 0 radical (unpaired) electrons. The van der Waals surface area contributed by atoms with Crippen LogP contribution >= 0.6 is 0 Å². The smallest absolute Gasteiger partial charge is 0.347 e. The van der Waals surface area contributed by atoms with Crippen LogP contribution in [-0.4, -0.2) is 43.9 Å². The molecule has 118 valence electrons. The molecule has 8 heteroatoms. The molecule has 1 aliphatic carbocycles. The monoisotopic (exact) mass is 318 g/mol. The van der Waals surface area contributed by atoms with Crippen LogP contribution in [0, 0.1) is 0 Å². The summed E-state index contributed by atoms with van der Waals surface area (Å²) >= 11 is 0. The standard InChI is InChI=1S/C13H18O7S/c1-7(2)12(14)18-8(3)13(15)19-10-5-4-9-6-11(10)20-21(9,16)17/h8-11H,1,4-6H2,2-3H3. The van der Waals surface area contributed by atoms with Crippen LogP contribution in [0.2, 0.25) is 0 Å². The molecule has 4 unspecified atom stereocenters. The highest BCUT2D eigenvalue weighted by molar-refractivity contribution is 7.87. The summed E-state index contributed by atoms with van der Waals surface area (Å²) in [5.41, 5.74) is 0.181. The lowest BCUT2D eigenvalue weighted by Crippen LogP contribution is -2.38. The molecule has 2 fully saturated rings. The van der Waals surface area contributed by atoms with Crippen molar-refractivity contribution in [2.45, 2.75) is 56.7 Å². The molecule has 1 heterocycles. The molecular formula is C13H18O7S. The SMILES string of the molecule is C=C(C)C(=O)OC(C)C(=O)OC1CCC2CC1OS2(=O)=O. The first-order valence-electron chi connectivity index (χ1n) is 6.70. The maximum absolute atomic E-state index is 11.9. The van der Waals surface area contributed by atoms with Crippen LogP contribution in [0.5, 0.6) is 0 Å². The third-order valence-corrected chi connectivity index (χ3v) is 5.34. The molecule has 1 saturated carbocycles. The molecule has 1 saturated heterocycles. The first kappa shape index (κ1) is 16.0. The molecule has 0 N–H and O–H groups in total. The number of hydrogen-bond acceptors (Lipinski definition) is 7. The lowest BCUT2D eigenvalue weighted by atomic mass is 9.94. The fraction of sp³-hybridized carbons (Fsp3) is 0.692. The van der Waals surface area contributed by atoms with Gasteiger partial charge in [-0.3, -0.25) is 4.18 Å². The van der Waals surface area contributed by atoms with E-state index in [0.717, 1.165) is 0 Å². The molecule has 7 nitrogen and oxygen atoms in total. The Hall–Kier alpha value is -1.41. The highest BCUT2D eigenvalue weighted by atomic mass is 32.2. The summed E-state index contributed by atoms with van der Waals surface area (Å²) in [6, 6.07) is 0. The quantitative estimate of drug-likeness (QED) is 0.427. The molecule has 0 spiro atoms. The van der Waals surface area contributed by atoms with Crippen molar-refractivity contribution < 1.29 is 31.7 Å². The van der Waals surface area contributed by atoms with E-state index in [2.05, 4.69) is 6.58 Å². The van der Waals surface area contributed by atoms with E-state index >= 15 is 0 Å². The Bertz CT molecular complexity index is 565. The Morgan fingerprint density at radius 2 is 2.00 bits per heavy atom. The Kier molecular flexibility index (Phi) is 4.38. The predicted molar refractivity (Wildman–Crippen MR) is 71.7 cm³/mol. The van der Waals surface area contributed by atoms with E-state index in [-0.39, 0.29) is 5.57 Å². The van der Waals surface area contributed by atoms with Gasteiger partial charge in [0.25, 0.3) is 10.1 Å². The molecule has 0 aromatic carbocycles. The second kappa shape index (κ2) is 5.76. The third kappa shape index (κ3) is 3.44. The number of ether oxygens (including phenoxy) is 2. The van der Waals surface area contributed by atoms with Gasteiger partial charge in [-0.05, 0) is 33.1 Å². The van der Waals surface area contributed by atoms with E-state index in [4.69, 9.17) is 13.7 Å². The van der Waals surface area contributed by atoms with Gasteiger partial charge in [0.15, 0.2) is 6.10 Å². The Labute approximate surface area is 123 Å². The van der Waals surface area contributed by atoms with Crippen molar-refractivity contribution in [3.8, 4) is 0 Å². The fourth-order valence-electron chi connectivity index (χ4n) is 2.37. The number of hydrogen-bond donors (Lipinski definition) is 0. The Morgan fingerprint density at radius 1 is 1.33 bits per heavy atom. The van der Waals surface area contributed by atoms with Crippen LogP contribution in [0.25, 0.3) is 0 Å². The fourth-order valence-corrected chi connectivity index (χ4v) is 3.92. The first-order valence-corrected chi connectivity index (χ1v) is 8.17. The zero-order valence-electron chi connectivity index (χ0n) is 11.9. The van der Waals surface area contributed by atoms with E-state index in [1.807, 2.05) is 0 Å². The van der Waals surface area contributed by atoms with Crippen LogP contribution in [-0.2, 0) is 33.4 Å². The van der Waals surface area contributed by atoms with Crippen molar-refractivity contribution in [2.75, 3.05) is 0 Å². The van der Waals surface area contributed by atoms with Gasteiger partial charge in [0, 0.05) is 5.57 Å². The second-order valence-corrected chi connectivity index (χ2v) is 7.21. The molecular weight excluding hydrogens is 300 g/mol. The van der Waals surface area contributed by atoms with Crippen LogP contribution in [0.3, 0.4) is 0 Å². The molecule has 0 aromatic rings. The molecule has 0 aromatic heterocycles. The zero-order chi connectivity index (χ0) is 15.8. The van der Waals surface area contributed by atoms with Crippen LogP contribution < -0.4 is 0 Å². The normalized spacial score (nSPS) is 31.2. The molecule has 21 heavy (non-hydrogen) atoms. The van der Waals surface area contributed by atoms with Crippen LogP contribution in [0.15, 0.2) is 12.2 Å². The minimum Gasteiger partial charge on any atom is -0.457 e. The summed E-state index contributed by atoms with van der Waals surface area (Å²) in [6.45, 7) is 6.28. The summed E-state index contributed by atoms with van der Waals surface area (Å²) in [5, 5.41) is -0.504. The number of fused-ring (bicyclic) bond motifs is 2. The lowest BCUT2D eigenvalue weighted by Gasteiger charge is -2.26. The lowest BCUT2D eigenvalue weighted by molar-refractivity contribution is -0.172. The zero-order valence-corrected chi connectivity index (χ0v) is 12.7. The minimum absolute atomic E-state index is 0.181. The number of carbonyl (C=O) groups is 2. The average Bonchev–Trinajstić information content (AvgIpc) is 2.63. The van der Waals surface area contributed by atoms with Crippen molar-refractivity contribution in [1.29, 1.82) is 0 Å². The summed E-state index contributed by atoms with van der Waals surface area (Å²) in [4.78, 5) is 23.2. The van der Waals surface area contributed by atoms with E-state index in [1.54, 1.807) is 0 Å². The number of rotatable bonds is 4. The van der Waals surface area contributed by atoms with Crippen molar-refractivity contribution in [1.82, 2.24) is 0 Å². The van der Waals surface area contributed by atoms with Gasteiger partial charge in [-0.1, -0.05) is 6.58 Å². The van der Waals surface area contributed by atoms with Crippen molar-refractivity contribution in [2.24, 2.45) is 0 Å². The molecule has 1 aliphatic heterocycles. The van der Waals surface area contributed by atoms with Gasteiger partial charge in [-0.2, -0.15) is 8.42 Å². The van der Waals surface area contributed by atoms with Gasteiger partial charge >= 0.3 is 11.9 Å². The van der Waals surface area contributed by atoms with Crippen molar-refractivity contribution in [3.63, 3.8) is 0 Å².